The van der Waals surface area contributed by atoms with Gasteiger partial charge >= 0.3 is 5.97 Å². The third kappa shape index (κ3) is 1.74. The Kier molecular flexibility index (Phi) is 2.60. The Morgan fingerprint density at radius 2 is 2.18 bits per heavy atom. The van der Waals surface area contributed by atoms with Gasteiger partial charge in [-0.3, -0.25) is 4.79 Å². The highest BCUT2D eigenvalue weighted by Crippen LogP contribution is 2.49. The second kappa shape index (κ2) is 4.00. The van der Waals surface area contributed by atoms with Crippen LogP contribution in [0, 0.1) is 23.7 Å². The molecule has 0 bridgehead atoms. The molecule has 17 heavy (non-hydrogen) atoms. The molecule has 2 aliphatic carbocycles. The first-order valence-corrected chi connectivity index (χ1v) is 6.59. The van der Waals surface area contributed by atoms with E-state index in [-0.39, 0.29) is 18.0 Å². The number of fused-ring (bicyclic) bond motifs is 2. The molecule has 1 N–H and O–H groups in total. The molecule has 0 aromatic heterocycles. The number of oxime groups is 1. The lowest BCUT2D eigenvalue weighted by molar-refractivity contribution is -0.144. The Labute approximate surface area is 101 Å². The third-order valence-electron chi connectivity index (χ3n) is 4.97. The number of nitrogens with zero attached hydrogens (tertiary/aromatic N) is 1. The van der Waals surface area contributed by atoms with Crippen molar-refractivity contribution in [1.82, 2.24) is 0 Å². The van der Waals surface area contributed by atoms with Crippen molar-refractivity contribution in [2.75, 3.05) is 0 Å². The summed E-state index contributed by atoms with van der Waals surface area (Å²) in [7, 11) is 0. The average Bonchev–Trinajstić information content (AvgIpc) is 2.62. The number of cyclic esters (lactones) is 1. The topological polar surface area (TPSA) is 58.9 Å². The van der Waals surface area contributed by atoms with Gasteiger partial charge in [-0.2, -0.15) is 0 Å². The van der Waals surface area contributed by atoms with Gasteiger partial charge in [0.2, 0.25) is 0 Å². The summed E-state index contributed by atoms with van der Waals surface area (Å²) in [6.07, 6.45) is 4.98. The molecule has 5 atom stereocenters. The molecular formula is C13H19NO3. The van der Waals surface area contributed by atoms with Crippen LogP contribution in [0.25, 0.3) is 0 Å². The van der Waals surface area contributed by atoms with Crippen LogP contribution >= 0.6 is 0 Å². The van der Waals surface area contributed by atoms with Gasteiger partial charge in [0.1, 0.15) is 6.10 Å². The lowest BCUT2D eigenvalue weighted by Gasteiger charge is -2.40. The Morgan fingerprint density at radius 3 is 2.94 bits per heavy atom. The quantitative estimate of drug-likeness (QED) is 0.399. The summed E-state index contributed by atoms with van der Waals surface area (Å²) in [6.45, 7) is 2.01. The monoisotopic (exact) mass is 237 g/mol. The van der Waals surface area contributed by atoms with Gasteiger partial charge < -0.3 is 9.94 Å². The fraction of sp³-hybridized carbons (Fsp3) is 0.846. The summed E-state index contributed by atoms with van der Waals surface area (Å²) in [4.78, 5) is 11.7. The van der Waals surface area contributed by atoms with Gasteiger partial charge in [0.25, 0.3) is 0 Å². The molecule has 94 valence electrons. The molecule has 0 spiro atoms. The summed E-state index contributed by atoms with van der Waals surface area (Å²) in [5, 5.41) is 12.2. The molecule has 5 unspecified atom stereocenters. The minimum atomic E-state index is 0.0163. The Hall–Kier alpha value is -1.06. The molecule has 2 saturated carbocycles. The summed E-state index contributed by atoms with van der Waals surface area (Å²) < 4.78 is 5.35. The average molecular weight is 237 g/mol. The minimum absolute atomic E-state index is 0.0163. The van der Waals surface area contributed by atoms with Crippen molar-refractivity contribution < 1.29 is 14.7 Å². The van der Waals surface area contributed by atoms with E-state index in [0.29, 0.717) is 17.8 Å². The number of ether oxygens (including phenoxy) is 1. The second-order valence-corrected chi connectivity index (χ2v) is 5.81. The van der Waals surface area contributed by atoms with Crippen LogP contribution in [0.3, 0.4) is 0 Å². The van der Waals surface area contributed by atoms with Crippen LogP contribution in [0.2, 0.25) is 0 Å². The van der Waals surface area contributed by atoms with E-state index in [2.05, 4.69) is 5.16 Å². The summed E-state index contributed by atoms with van der Waals surface area (Å²) in [6, 6.07) is 0. The van der Waals surface area contributed by atoms with Crippen LogP contribution in [-0.2, 0) is 9.53 Å². The molecule has 0 aromatic carbocycles. The highest BCUT2D eigenvalue weighted by atomic mass is 16.6. The van der Waals surface area contributed by atoms with Crippen molar-refractivity contribution in [2.24, 2.45) is 28.8 Å². The summed E-state index contributed by atoms with van der Waals surface area (Å²) >= 11 is 0. The van der Waals surface area contributed by atoms with Crippen LogP contribution in [0.4, 0.5) is 0 Å². The predicted molar refractivity (Wildman–Crippen MR) is 61.8 cm³/mol. The molecule has 1 aliphatic heterocycles. The zero-order chi connectivity index (χ0) is 12.0. The molecule has 4 nitrogen and oxygen atoms in total. The van der Waals surface area contributed by atoms with Gasteiger partial charge in [-0.1, -0.05) is 5.16 Å². The van der Waals surface area contributed by atoms with Crippen molar-refractivity contribution in [2.45, 2.75) is 45.1 Å². The van der Waals surface area contributed by atoms with E-state index in [9.17, 15) is 4.79 Å². The van der Waals surface area contributed by atoms with Crippen molar-refractivity contribution in [3.63, 3.8) is 0 Å². The molecule has 0 aromatic rings. The van der Waals surface area contributed by atoms with Gasteiger partial charge in [0.05, 0.1) is 11.6 Å². The number of hydrogen-bond acceptors (Lipinski definition) is 4. The van der Waals surface area contributed by atoms with E-state index >= 15 is 0 Å². The van der Waals surface area contributed by atoms with E-state index in [1.165, 1.54) is 0 Å². The number of carbonyl (C=O) groups is 1. The van der Waals surface area contributed by atoms with Crippen molar-refractivity contribution >= 4 is 11.7 Å². The Bertz CT molecular complexity index is 366. The molecule has 0 radical (unpaired) electrons. The predicted octanol–water partition coefficient (Wildman–Crippen LogP) is 2.20. The first-order chi connectivity index (χ1) is 8.19. The van der Waals surface area contributed by atoms with Gasteiger partial charge in [-0.05, 0) is 50.9 Å². The highest BCUT2D eigenvalue weighted by molar-refractivity contribution is 5.85. The van der Waals surface area contributed by atoms with E-state index in [1.54, 1.807) is 0 Å². The SMILES string of the molecule is CC1OC(=O)C2CC3CC/C(=N/O)CC3CC12. The van der Waals surface area contributed by atoms with Crippen molar-refractivity contribution in [3.05, 3.63) is 0 Å². The van der Waals surface area contributed by atoms with Crippen LogP contribution in [0.15, 0.2) is 5.16 Å². The number of carbonyl (C=O) groups excluding carboxylic acids is 1. The molecule has 3 rings (SSSR count). The maximum Gasteiger partial charge on any atom is 0.309 e. The number of rotatable bonds is 0. The maximum atomic E-state index is 11.7. The largest absolute Gasteiger partial charge is 0.462 e. The lowest BCUT2D eigenvalue weighted by atomic mass is 9.63. The standard InChI is InChI=1S/C13H19NO3/c1-7-11-6-9-4-10(14-16)3-2-8(9)5-12(11)13(15)17-7/h7-9,11-12,16H,2-6H2,1H3/b14-10-. The van der Waals surface area contributed by atoms with Gasteiger partial charge in [-0.15, -0.1) is 0 Å². The highest BCUT2D eigenvalue weighted by Gasteiger charge is 2.49. The molecule has 3 aliphatic rings. The molecule has 3 fully saturated rings. The first-order valence-electron chi connectivity index (χ1n) is 6.59. The normalized spacial score (nSPS) is 47.5. The zero-order valence-electron chi connectivity index (χ0n) is 10.1. The van der Waals surface area contributed by atoms with E-state index in [0.717, 1.165) is 37.8 Å². The van der Waals surface area contributed by atoms with E-state index in [1.807, 2.05) is 6.92 Å². The van der Waals surface area contributed by atoms with Crippen LogP contribution in [-0.4, -0.2) is 23.0 Å². The van der Waals surface area contributed by atoms with Crippen LogP contribution < -0.4 is 0 Å². The first kappa shape index (κ1) is 11.1. The van der Waals surface area contributed by atoms with Crippen molar-refractivity contribution in [3.8, 4) is 0 Å². The van der Waals surface area contributed by atoms with Gasteiger partial charge in [0, 0.05) is 5.92 Å². The second-order valence-electron chi connectivity index (χ2n) is 5.81. The maximum absolute atomic E-state index is 11.7. The van der Waals surface area contributed by atoms with Gasteiger partial charge in [-0.25, -0.2) is 0 Å². The Balaban J connectivity index is 1.77. The lowest BCUT2D eigenvalue weighted by Crippen LogP contribution is -2.37. The summed E-state index contributed by atoms with van der Waals surface area (Å²) in [5.74, 6) is 1.76. The molecule has 1 saturated heterocycles. The van der Waals surface area contributed by atoms with Crippen LogP contribution in [0.5, 0.6) is 0 Å². The van der Waals surface area contributed by atoms with Crippen molar-refractivity contribution in [1.29, 1.82) is 0 Å². The number of hydrogen-bond donors (Lipinski definition) is 1. The zero-order valence-corrected chi connectivity index (χ0v) is 10.1. The molecule has 1 heterocycles. The van der Waals surface area contributed by atoms with Gasteiger partial charge in [0.15, 0.2) is 0 Å². The van der Waals surface area contributed by atoms with E-state index < -0.39 is 0 Å². The number of esters is 1. The third-order valence-corrected chi connectivity index (χ3v) is 4.97. The molecule has 0 amide bonds. The fourth-order valence-corrected chi connectivity index (χ4v) is 4.00. The van der Waals surface area contributed by atoms with E-state index in [4.69, 9.17) is 9.94 Å². The fourth-order valence-electron chi connectivity index (χ4n) is 4.00. The molecular weight excluding hydrogens is 218 g/mol. The Morgan fingerprint density at radius 1 is 1.35 bits per heavy atom. The minimum Gasteiger partial charge on any atom is -0.462 e. The smallest absolute Gasteiger partial charge is 0.309 e. The summed E-state index contributed by atoms with van der Waals surface area (Å²) in [5.41, 5.74) is 0.933. The van der Waals surface area contributed by atoms with Crippen LogP contribution in [0.1, 0.15) is 39.0 Å². The molecule has 4 heteroatoms.